The normalized spacial score (nSPS) is 18.3. The molecule has 0 N–H and O–H groups in total. The van der Waals surface area contributed by atoms with Crippen molar-refractivity contribution >= 4 is 11.4 Å². The van der Waals surface area contributed by atoms with Crippen LogP contribution in [0.1, 0.15) is 58.1 Å². The highest BCUT2D eigenvalue weighted by molar-refractivity contribution is 5.49. The molecule has 1 unspecified atom stereocenters. The van der Waals surface area contributed by atoms with Crippen LogP contribution in [0.15, 0.2) is 48.5 Å². The Labute approximate surface area is 217 Å². The third-order valence-electron chi connectivity index (χ3n) is 6.97. The Morgan fingerprint density at radius 3 is 1.43 bits per heavy atom. The Morgan fingerprint density at radius 1 is 0.629 bits per heavy atom. The Kier molecular flexibility index (Phi) is 14.7. The van der Waals surface area contributed by atoms with Crippen LogP contribution in [0.25, 0.3) is 0 Å². The lowest BCUT2D eigenvalue weighted by molar-refractivity contribution is 0.253. The van der Waals surface area contributed by atoms with E-state index in [1.807, 2.05) is 27.7 Å². The zero-order valence-electron chi connectivity index (χ0n) is 24.5. The molecule has 35 heavy (non-hydrogen) atoms. The second-order valence-electron chi connectivity index (χ2n) is 9.64. The molecule has 2 fully saturated rings. The molecule has 2 aliphatic heterocycles. The van der Waals surface area contributed by atoms with Crippen molar-refractivity contribution in [3.8, 4) is 0 Å². The zero-order valence-corrected chi connectivity index (χ0v) is 24.5. The SMILES string of the molecule is CC.CC.Cc1cccc(N(C)C2CCN(C)C2)c1.Cc1cccc(N(C)C2CCN(C)CC2)c1. The molecule has 0 spiro atoms. The van der Waals surface area contributed by atoms with E-state index >= 15 is 0 Å². The lowest BCUT2D eigenvalue weighted by Gasteiger charge is -2.36. The van der Waals surface area contributed by atoms with Crippen molar-refractivity contribution in [3.05, 3.63) is 59.7 Å². The molecule has 0 saturated carbocycles. The van der Waals surface area contributed by atoms with Gasteiger partial charge in [0.05, 0.1) is 0 Å². The molecule has 4 nitrogen and oxygen atoms in total. The quantitative estimate of drug-likeness (QED) is 0.480. The van der Waals surface area contributed by atoms with Gasteiger partial charge in [0.25, 0.3) is 0 Å². The number of hydrogen-bond donors (Lipinski definition) is 0. The van der Waals surface area contributed by atoms with E-state index in [9.17, 15) is 0 Å². The van der Waals surface area contributed by atoms with E-state index in [2.05, 4.69) is 110 Å². The standard InChI is InChI=1S/C14H22N2.C13H20N2.2C2H6/c1-12-5-4-6-14(11-12)16(3)13-7-9-15(2)10-8-13;1-11-5-4-6-12(9-11)15(3)13-7-8-14(2)10-13;2*1-2/h4-6,11,13H,7-10H2,1-3H3;4-6,9,13H,7-8,10H2,1-3H3;2*1-2H3. The molecule has 2 aliphatic rings. The molecule has 2 heterocycles. The van der Waals surface area contributed by atoms with E-state index in [-0.39, 0.29) is 0 Å². The molecule has 0 radical (unpaired) electrons. The van der Waals surface area contributed by atoms with Crippen molar-refractivity contribution in [1.82, 2.24) is 9.80 Å². The fraction of sp³-hybridized carbons (Fsp3) is 0.613. The molecular formula is C31H54N4. The van der Waals surface area contributed by atoms with E-state index in [4.69, 9.17) is 0 Å². The predicted octanol–water partition coefficient (Wildman–Crippen LogP) is 6.71. The summed E-state index contributed by atoms with van der Waals surface area (Å²) in [7, 11) is 8.84. The summed E-state index contributed by atoms with van der Waals surface area (Å²) in [4.78, 5) is 9.67. The Hall–Kier alpha value is -2.04. The number of anilines is 2. The van der Waals surface area contributed by atoms with Crippen LogP contribution in [0, 0.1) is 13.8 Å². The van der Waals surface area contributed by atoms with E-state index in [1.165, 1.54) is 67.9 Å². The monoisotopic (exact) mass is 482 g/mol. The van der Waals surface area contributed by atoms with Crippen LogP contribution >= 0.6 is 0 Å². The van der Waals surface area contributed by atoms with Gasteiger partial charge in [0.2, 0.25) is 0 Å². The molecule has 2 aromatic rings. The smallest absolute Gasteiger partial charge is 0.0425 e. The molecule has 4 heteroatoms. The van der Waals surface area contributed by atoms with Gasteiger partial charge in [0.15, 0.2) is 0 Å². The Balaban J connectivity index is 0.000000307. The van der Waals surface area contributed by atoms with Gasteiger partial charge in [-0.05, 0) is 102 Å². The van der Waals surface area contributed by atoms with Crippen LogP contribution in [0.2, 0.25) is 0 Å². The van der Waals surface area contributed by atoms with Gasteiger partial charge in [-0.2, -0.15) is 0 Å². The molecule has 2 aromatic carbocycles. The molecule has 0 aromatic heterocycles. The van der Waals surface area contributed by atoms with Crippen LogP contribution in [0.5, 0.6) is 0 Å². The third kappa shape index (κ3) is 10.2. The number of hydrogen-bond acceptors (Lipinski definition) is 4. The minimum absolute atomic E-state index is 0.678. The molecule has 198 valence electrons. The van der Waals surface area contributed by atoms with Crippen LogP contribution in [0.3, 0.4) is 0 Å². The summed E-state index contributed by atoms with van der Waals surface area (Å²) in [6.45, 7) is 17.2. The molecule has 0 amide bonds. The van der Waals surface area contributed by atoms with Gasteiger partial charge in [-0.1, -0.05) is 52.0 Å². The van der Waals surface area contributed by atoms with Crippen molar-refractivity contribution in [3.63, 3.8) is 0 Å². The number of nitrogens with zero attached hydrogens (tertiary/aromatic N) is 4. The van der Waals surface area contributed by atoms with Crippen LogP contribution in [0.4, 0.5) is 11.4 Å². The van der Waals surface area contributed by atoms with Gasteiger partial charge in [-0.3, -0.25) is 0 Å². The van der Waals surface area contributed by atoms with Gasteiger partial charge < -0.3 is 19.6 Å². The first-order valence-electron chi connectivity index (χ1n) is 13.8. The van der Waals surface area contributed by atoms with Crippen molar-refractivity contribution in [2.45, 2.75) is 72.9 Å². The van der Waals surface area contributed by atoms with Crippen LogP contribution in [-0.4, -0.2) is 76.3 Å². The van der Waals surface area contributed by atoms with Crippen molar-refractivity contribution in [1.29, 1.82) is 0 Å². The van der Waals surface area contributed by atoms with Crippen LogP contribution < -0.4 is 9.80 Å². The minimum Gasteiger partial charge on any atom is -0.372 e. The van der Waals surface area contributed by atoms with E-state index in [1.54, 1.807) is 0 Å². The highest BCUT2D eigenvalue weighted by Gasteiger charge is 2.23. The number of rotatable bonds is 4. The first-order chi connectivity index (χ1) is 16.8. The van der Waals surface area contributed by atoms with Gasteiger partial charge in [-0.15, -0.1) is 0 Å². The lowest BCUT2D eigenvalue weighted by atomic mass is 10.0. The maximum atomic E-state index is 2.44. The molecule has 2 saturated heterocycles. The average Bonchev–Trinajstić information content (AvgIpc) is 3.32. The van der Waals surface area contributed by atoms with E-state index in [0.717, 1.165) is 0 Å². The molecule has 1 atom stereocenters. The average molecular weight is 483 g/mol. The number of likely N-dealkylation sites (N-methyl/N-ethyl adjacent to an activating group) is 2. The number of piperidine rings is 1. The summed E-state index contributed by atoms with van der Waals surface area (Å²) in [6.07, 6.45) is 3.84. The van der Waals surface area contributed by atoms with Crippen LogP contribution in [-0.2, 0) is 0 Å². The zero-order chi connectivity index (χ0) is 26.4. The second kappa shape index (κ2) is 16.6. The summed E-state index contributed by atoms with van der Waals surface area (Å²) in [5, 5.41) is 0. The Bertz CT molecular complexity index is 813. The van der Waals surface area contributed by atoms with Gasteiger partial charge in [0.1, 0.15) is 0 Å². The van der Waals surface area contributed by atoms with E-state index < -0.39 is 0 Å². The fourth-order valence-electron chi connectivity index (χ4n) is 4.73. The predicted molar refractivity (Wildman–Crippen MR) is 158 cm³/mol. The summed E-state index contributed by atoms with van der Waals surface area (Å²) < 4.78 is 0. The highest BCUT2D eigenvalue weighted by atomic mass is 15.2. The maximum Gasteiger partial charge on any atom is 0.0425 e. The van der Waals surface area contributed by atoms with Crippen molar-refractivity contribution < 1.29 is 0 Å². The topological polar surface area (TPSA) is 13.0 Å². The first-order valence-corrected chi connectivity index (χ1v) is 13.8. The summed E-state index contributed by atoms with van der Waals surface area (Å²) in [5.41, 5.74) is 5.38. The molecular weight excluding hydrogens is 428 g/mol. The van der Waals surface area contributed by atoms with Crippen molar-refractivity contribution in [2.75, 3.05) is 64.2 Å². The second-order valence-corrected chi connectivity index (χ2v) is 9.64. The minimum atomic E-state index is 0.678. The Morgan fingerprint density at radius 2 is 1.03 bits per heavy atom. The third-order valence-corrected chi connectivity index (χ3v) is 6.97. The number of likely N-dealkylation sites (tertiary alicyclic amines) is 2. The summed E-state index contributed by atoms with van der Waals surface area (Å²) in [6, 6.07) is 18.9. The summed E-state index contributed by atoms with van der Waals surface area (Å²) >= 11 is 0. The molecule has 4 rings (SSSR count). The maximum absolute atomic E-state index is 2.44. The van der Waals surface area contributed by atoms with Crippen molar-refractivity contribution in [2.24, 2.45) is 0 Å². The van der Waals surface area contributed by atoms with E-state index in [0.29, 0.717) is 12.1 Å². The molecule has 0 aliphatic carbocycles. The first kappa shape index (κ1) is 31.0. The number of benzene rings is 2. The summed E-state index contributed by atoms with van der Waals surface area (Å²) in [5.74, 6) is 0. The fourth-order valence-corrected chi connectivity index (χ4v) is 4.73. The molecule has 0 bridgehead atoms. The largest absolute Gasteiger partial charge is 0.372 e. The highest BCUT2D eigenvalue weighted by Crippen LogP contribution is 2.23. The number of aryl methyl sites for hydroxylation is 2. The van der Waals surface area contributed by atoms with Gasteiger partial charge in [0, 0.05) is 44.1 Å². The lowest BCUT2D eigenvalue weighted by Crippen LogP contribution is -2.41. The van der Waals surface area contributed by atoms with Gasteiger partial charge in [-0.25, -0.2) is 0 Å². The van der Waals surface area contributed by atoms with Gasteiger partial charge >= 0.3 is 0 Å².